The number of hydrogen-bond donors (Lipinski definition) is 1. The van der Waals surface area contributed by atoms with Crippen molar-refractivity contribution in [2.45, 2.75) is 32.9 Å². The quantitative estimate of drug-likeness (QED) is 0.343. The van der Waals surface area contributed by atoms with Crippen molar-refractivity contribution in [2.24, 2.45) is 0 Å². The van der Waals surface area contributed by atoms with Gasteiger partial charge in [0.15, 0.2) is 0 Å². The van der Waals surface area contributed by atoms with Gasteiger partial charge in [0, 0.05) is 5.70 Å². The molecular weight excluding hydrogens is 460 g/mol. The number of amides is 2. The van der Waals surface area contributed by atoms with Gasteiger partial charge >= 0.3 is 6.03 Å². The first-order valence-electron chi connectivity index (χ1n) is 11.5. The molecule has 0 bridgehead atoms. The third kappa shape index (κ3) is 4.57. The van der Waals surface area contributed by atoms with Crippen LogP contribution in [0.25, 0.3) is 16.3 Å². The SMILES string of the molecule is CCc1ccc(CN2C(=O)NC(c3cccc(OC)c3)C(c3nc(-c4cccs4)no3)=C2C)cc1. The van der Waals surface area contributed by atoms with Crippen LogP contribution in [-0.2, 0) is 13.0 Å². The lowest BCUT2D eigenvalue weighted by Gasteiger charge is -2.35. The Labute approximate surface area is 208 Å². The first-order valence-corrected chi connectivity index (χ1v) is 12.3. The van der Waals surface area contributed by atoms with Crippen LogP contribution < -0.4 is 10.1 Å². The van der Waals surface area contributed by atoms with Crippen molar-refractivity contribution in [3.05, 3.63) is 94.3 Å². The Balaban J connectivity index is 1.58. The minimum Gasteiger partial charge on any atom is -0.497 e. The Kier molecular flexibility index (Phi) is 6.37. The number of methoxy groups -OCH3 is 1. The van der Waals surface area contributed by atoms with E-state index in [-0.39, 0.29) is 6.03 Å². The molecule has 0 radical (unpaired) electrons. The number of rotatable bonds is 7. The number of aromatic nitrogens is 2. The highest BCUT2D eigenvalue weighted by Crippen LogP contribution is 2.39. The zero-order valence-electron chi connectivity index (χ0n) is 19.8. The van der Waals surface area contributed by atoms with Gasteiger partial charge in [-0.3, -0.25) is 4.90 Å². The third-order valence-corrected chi connectivity index (χ3v) is 7.06. The van der Waals surface area contributed by atoms with Gasteiger partial charge in [0.2, 0.25) is 5.82 Å². The number of aryl methyl sites for hydroxylation is 1. The first-order chi connectivity index (χ1) is 17.1. The van der Waals surface area contributed by atoms with Gasteiger partial charge in [0.25, 0.3) is 5.89 Å². The van der Waals surface area contributed by atoms with E-state index in [9.17, 15) is 4.79 Å². The normalized spacial score (nSPS) is 15.9. The van der Waals surface area contributed by atoms with Gasteiger partial charge in [0.05, 0.1) is 30.1 Å². The highest BCUT2D eigenvalue weighted by atomic mass is 32.1. The maximum atomic E-state index is 13.3. The molecule has 1 N–H and O–H groups in total. The lowest BCUT2D eigenvalue weighted by Crippen LogP contribution is -2.45. The molecule has 4 aromatic rings. The molecule has 0 saturated carbocycles. The zero-order valence-corrected chi connectivity index (χ0v) is 20.6. The smallest absolute Gasteiger partial charge is 0.322 e. The van der Waals surface area contributed by atoms with E-state index in [2.05, 4.69) is 41.7 Å². The molecule has 178 valence electrons. The maximum absolute atomic E-state index is 13.3. The van der Waals surface area contributed by atoms with Crippen LogP contribution in [0.15, 0.2) is 76.3 Å². The first kappa shape index (κ1) is 22.9. The Bertz CT molecular complexity index is 1360. The Morgan fingerprint density at radius 3 is 2.63 bits per heavy atom. The van der Waals surface area contributed by atoms with Crippen LogP contribution in [0.2, 0.25) is 0 Å². The molecule has 35 heavy (non-hydrogen) atoms. The molecule has 1 aliphatic rings. The summed E-state index contributed by atoms with van der Waals surface area (Å²) in [7, 11) is 1.62. The number of hydrogen-bond acceptors (Lipinski definition) is 6. The van der Waals surface area contributed by atoms with Crippen LogP contribution in [0.4, 0.5) is 4.79 Å². The lowest BCUT2D eigenvalue weighted by atomic mass is 9.94. The molecule has 1 unspecified atom stereocenters. The molecule has 0 spiro atoms. The van der Waals surface area contributed by atoms with Crippen molar-refractivity contribution < 1.29 is 14.1 Å². The predicted molar refractivity (Wildman–Crippen MR) is 136 cm³/mol. The van der Waals surface area contributed by atoms with Gasteiger partial charge in [-0.25, -0.2) is 4.79 Å². The number of nitrogens with zero attached hydrogens (tertiary/aromatic N) is 3. The molecule has 8 heteroatoms. The summed E-state index contributed by atoms with van der Waals surface area (Å²) in [6.07, 6.45) is 0.972. The molecule has 2 amide bonds. The summed E-state index contributed by atoms with van der Waals surface area (Å²) in [6.45, 7) is 4.48. The molecular formula is C27H26N4O3S. The number of carbonyl (C=O) groups is 1. The van der Waals surface area contributed by atoms with Crippen LogP contribution in [0.3, 0.4) is 0 Å². The fourth-order valence-corrected chi connectivity index (χ4v) is 4.87. The number of carbonyl (C=O) groups excluding carboxylic acids is 1. The van der Waals surface area contributed by atoms with Crippen LogP contribution in [0.1, 0.15) is 42.5 Å². The van der Waals surface area contributed by atoms with Crippen LogP contribution in [0.5, 0.6) is 5.75 Å². The summed E-state index contributed by atoms with van der Waals surface area (Å²) in [6, 6.07) is 19.2. The number of ether oxygens (including phenoxy) is 1. The van der Waals surface area contributed by atoms with Gasteiger partial charge in [-0.05, 0) is 53.6 Å². The molecule has 3 heterocycles. The average molecular weight is 487 g/mol. The van der Waals surface area contributed by atoms with Crippen LogP contribution >= 0.6 is 11.3 Å². The van der Waals surface area contributed by atoms with E-state index in [0.29, 0.717) is 24.0 Å². The van der Waals surface area contributed by atoms with Crippen molar-refractivity contribution >= 4 is 22.9 Å². The predicted octanol–water partition coefficient (Wildman–Crippen LogP) is 6.07. The molecule has 2 aromatic heterocycles. The maximum Gasteiger partial charge on any atom is 0.322 e. The molecule has 2 aromatic carbocycles. The molecule has 7 nitrogen and oxygen atoms in total. The van der Waals surface area contributed by atoms with Crippen molar-refractivity contribution in [1.29, 1.82) is 0 Å². The number of allylic oxidation sites excluding steroid dienone is 1. The van der Waals surface area contributed by atoms with Gasteiger partial charge in [-0.2, -0.15) is 4.98 Å². The minimum absolute atomic E-state index is 0.184. The van der Waals surface area contributed by atoms with E-state index in [1.54, 1.807) is 23.3 Å². The van der Waals surface area contributed by atoms with Crippen molar-refractivity contribution in [2.75, 3.05) is 7.11 Å². The largest absolute Gasteiger partial charge is 0.497 e. The van der Waals surface area contributed by atoms with E-state index in [0.717, 1.165) is 33.7 Å². The second-order valence-corrected chi connectivity index (χ2v) is 9.26. The second kappa shape index (κ2) is 9.76. The van der Waals surface area contributed by atoms with Gasteiger partial charge in [-0.1, -0.05) is 54.5 Å². The van der Waals surface area contributed by atoms with E-state index in [1.807, 2.05) is 48.7 Å². The van der Waals surface area contributed by atoms with E-state index >= 15 is 0 Å². The monoisotopic (exact) mass is 486 g/mol. The molecule has 1 aliphatic heterocycles. The summed E-state index contributed by atoms with van der Waals surface area (Å²) in [5.74, 6) is 1.61. The second-order valence-electron chi connectivity index (χ2n) is 8.31. The van der Waals surface area contributed by atoms with Crippen molar-refractivity contribution in [3.8, 4) is 16.5 Å². The molecule has 0 saturated heterocycles. The van der Waals surface area contributed by atoms with Gasteiger partial charge in [-0.15, -0.1) is 11.3 Å². The number of urea groups is 1. The Morgan fingerprint density at radius 2 is 1.91 bits per heavy atom. The molecule has 5 rings (SSSR count). The Hall–Kier alpha value is -3.91. The van der Waals surface area contributed by atoms with Crippen molar-refractivity contribution in [1.82, 2.24) is 20.4 Å². The van der Waals surface area contributed by atoms with E-state index in [1.165, 1.54) is 5.56 Å². The molecule has 0 aliphatic carbocycles. The summed E-state index contributed by atoms with van der Waals surface area (Å²) < 4.78 is 11.2. The zero-order chi connectivity index (χ0) is 24.4. The Morgan fingerprint density at radius 1 is 1.11 bits per heavy atom. The van der Waals surface area contributed by atoms with Gasteiger partial charge < -0.3 is 14.6 Å². The summed E-state index contributed by atoms with van der Waals surface area (Å²) >= 11 is 1.55. The van der Waals surface area contributed by atoms with E-state index in [4.69, 9.17) is 14.2 Å². The third-order valence-electron chi connectivity index (χ3n) is 6.19. The average Bonchev–Trinajstić information content (AvgIpc) is 3.59. The fraction of sp³-hybridized carbons (Fsp3) is 0.222. The number of benzene rings is 2. The fourth-order valence-electron chi connectivity index (χ4n) is 4.22. The lowest BCUT2D eigenvalue weighted by molar-refractivity contribution is 0.203. The number of nitrogens with one attached hydrogen (secondary N) is 1. The minimum atomic E-state index is -0.465. The molecule has 0 fully saturated rings. The highest BCUT2D eigenvalue weighted by molar-refractivity contribution is 7.13. The highest BCUT2D eigenvalue weighted by Gasteiger charge is 2.36. The van der Waals surface area contributed by atoms with Crippen molar-refractivity contribution in [3.63, 3.8) is 0 Å². The van der Waals surface area contributed by atoms with Gasteiger partial charge in [0.1, 0.15) is 5.75 Å². The summed E-state index contributed by atoms with van der Waals surface area (Å²) in [5.41, 5.74) is 4.70. The molecule has 1 atom stereocenters. The topological polar surface area (TPSA) is 80.5 Å². The van der Waals surface area contributed by atoms with E-state index < -0.39 is 6.04 Å². The summed E-state index contributed by atoms with van der Waals surface area (Å²) in [5, 5.41) is 9.33. The summed E-state index contributed by atoms with van der Waals surface area (Å²) in [4.78, 5) is 20.7. The van der Waals surface area contributed by atoms with Crippen LogP contribution in [-0.4, -0.2) is 28.2 Å². The number of thiophene rings is 1. The standard InChI is InChI=1S/C27H26N4O3S/c1-4-18-10-12-19(13-11-18)16-31-17(2)23(26-29-25(30-34-26)22-9-6-14-35-22)24(28-27(31)32)20-7-5-8-21(15-20)33-3/h5-15,24H,4,16H2,1-3H3,(H,28,32). The van der Waals surface area contributed by atoms with Crippen LogP contribution in [0, 0.1) is 0 Å².